The van der Waals surface area contributed by atoms with Gasteiger partial charge in [-0.05, 0) is 60.7 Å². The minimum absolute atomic E-state index is 0.0300. The molecule has 2 aromatic rings. The summed E-state index contributed by atoms with van der Waals surface area (Å²) in [5.74, 6) is -3.12. The highest BCUT2D eigenvalue weighted by Crippen LogP contribution is 2.35. The lowest BCUT2D eigenvalue weighted by atomic mass is 9.82. The summed E-state index contributed by atoms with van der Waals surface area (Å²) < 4.78 is 14.8. The van der Waals surface area contributed by atoms with Crippen molar-refractivity contribution in [1.29, 1.82) is 0 Å². The van der Waals surface area contributed by atoms with Gasteiger partial charge in [-0.25, -0.2) is 9.18 Å². The van der Waals surface area contributed by atoms with Gasteiger partial charge in [-0.3, -0.25) is 4.79 Å². The zero-order valence-corrected chi connectivity index (χ0v) is 15.4. The van der Waals surface area contributed by atoms with Crippen LogP contribution in [0, 0.1) is 11.7 Å². The largest absolute Gasteiger partial charge is 0.478 e. The Morgan fingerprint density at radius 1 is 1.07 bits per heavy atom. The first-order valence-corrected chi connectivity index (χ1v) is 9.31. The van der Waals surface area contributed by atoms with Gasteiger partial charge in [-0.2, -0.15) is 0 Å². The molecular formula is C21H20ClFO4. The molecule has 0 saturated heterocycles. The van der Waals surface area contributed by atoms with Gasteiger partial charge >= 0.3 is 5.97 Å². The predicted octanol–water partition coefficient (Wildman–Crippen LogP) is 5.02. The SMILES string of the molecule is O=C(O)c1cc(C(O)C2CCCCC2)cc(F)c1C(=O)c1ccc(Cl)cc1. The summed E-state index contributed by atoms with van der Waals surface area (Å²) in [5, 5.41) is 20.5. The van der Waals surface area contributed by atoms with Gasteiger partial charge in [0.25, 0.3) is 0 Å². The van der Waals surface area contributed by atoms with Gasteiger partial charge in [-0.1, -0.05) is 30.9 Å². The first kappa shape index (κ1) is 19.5. The molecule has 1 aliphatic carbocycles. The number of halogens is 2. The van der Waals surface area contributed by atoms with Crippen molar-refractivity contribution in [1.82, 2.24) is 0 Å². The van der Waals surface area contributed by atoms with E-state index in [9.17, 15) is 24.2 Å². The van der Waals surface area contributed by atoms with Gasteiger partial charge in [0.2, 0.25) is 0 Å². The second kappa shape index (κ2) is 8.19. The highest BCUT2D eigenvalue weighted by molar-refractivity contribution is 6.30. The second-order valence-electron chi connectivity index (χ2n) is 6.91. The molecule has 0 amide bonds. The Balaban J connectivity index is 2.01. The van der Waals surface area contributed by atoms with Gasteiger partial charge in [0.05, 0.1) is 17.2 Å². The van der Waals surface area contributed by atoms with Crippen LogP contribution in [0.2, 0.25) is 5.02 Å². The second-order valence-corrected chi connectivity index (χ2v) is 7.35. The molecule has 0 bridgehead atoms. The number of rotatable bonds is 5. The average Bonchev–Trinajstić information content (AvgIpc) is 2.67. The first-order valence-electron chi connectivity index (χ1n) is 8.93. The fourth-order valence-electron chi connectivity index (χ4n) is 3.67. The number of aromatic carboxylic acids is 1. The lowest BCUT2D eigenvalue weighted by Gasteiger charge is -2.27. The number of carboxylic acid groups (broad SMARTS) is 1. The number of aliphatic hydroxyl groups is 1. The maximum Gasteiger partial charge on any atom is 0.336 e. The molecular weight excluding hydrogens is 371 g/mol. The van der Waals surface area contributed by atoms with E-state index in [1.807, 2.05) is 0 Å². The van der Waals surface area contributed by atoms with Gasteiger partial charge in [0, 0.05) is 10.6 Å². The van der Waals surface area contributed by atoms with Crippen molar-refractivity contribution in [3.8, 4) is 0 Å². The van der Waals surface area contributed by atoms with Crippen LogP contribution in [0.1, 0.15) is 70.1 Å². The molecule has 2 N–H and O–H groups in total. The van der Waals surface area contributed by atoms with E-state index in [-0.39, 0.29) is 17.0 Å². The molecule has 2 aromatic carbocycles. The standard InChI is InChI=1S/C21H20ClFO4/c22-15-8-6-13(7-9-15)20(25)18-16(21(26)27)10-14(11-17(18)23)19(24)12-4-2-1-3-5-12/h6-12,19,24H,1-5H2,(H,26,27). The minimum Gasteiger partial charge on any atom is -0.478 e. The summed E-state index contributed by atoms with van der Waals surface area (Å²) in [5.41, 5.74) is -0.616. The van der Waals surface area contributed by atoms with Gasteiger partial charge in [0.1, 0.15) is 5.82 Å². The van der Waals surface area contributed by atoms with E-state index in [4.69, 9.17) is 11.6 Å². The molecule has 6 heteroatoms. The summed E-state index contributed by atoms with van der Waals surface area (Å²) in [6.45, 7) is 0. The Labute approximate surface area is 161 Å². The van der Waals surface area contributed by atoms with Crippen LogP contribution in [-0.4, -0.2) is 22.0 Å². The Morgan fingerprint density at radius 2 is 1.70 bits per heavy atom. The monoisotopic (exact) mass is 390 g/mol. The molecule has 1 atom stereocenters. The fourth-order valence-corrected chi connectivity index (χ4v) is 3.79. The van der Waals surface area contributed by atoms with Crippen LogP contribution in [0.15, 0.2) is 36.4 Å². The molecule has 3 rings (SSSR count). The van der Waals surface area contributed by atoms with Crippen LogP contribution in [0.4, 0.5) is 4.39 Å². The summed E-state index contributed by atoms with van der Waals surface area (Å²) in [4.78, 5) is 24.4. The Kier molecular flexibility index (Phi) is 5.92. The molecule has 1 saturated carbocycles. The molecule has 1 aliphatic rings. The lowest BCUT2D eigenvalue weighted by molar-refractivity contribution is 0.0688. The molecule has 1 fully saturated rings. The van der Waals surface area contributed by atoms with Crippen LogP contribution in [-0.2, 0) is 0 Å². The van der Waals surface area contributed by atoms with Crippen LogP contribution in [0.25, 0.3) is 0 Å². The molecule has 1 unspecified atom stereocenters. The van der Waals surface area contributed by atoms with E-state index in [0.717, 1.165) is 38.2 Å². The van der Waals surface area contributed by atoms with E-state index >= 15 is 0 Å². The smallest absolute Gasteiger partial charge is 0.336 e. The van der Waals surface area contributed by atoms with Gasteiger partial charge < -0.3 is 10.2 Å². The van der Waals surface area contributed by atoms with Crippen molar-refractivity contribution in [3.63, 3.8) is 0 Å². The maximum atomic E-state index is 14.8. The number of carbonyl (C=O) groups excluding carboxylic acids is 1. The number of ketones is 1. The molecule has 0 spiro atoms. The highest BCUT2D eigenvalue weighted by Gasteiger charge is 2.28. The fraction of sp³-hybridized carbons (Fsp3) is 0.333. The van der Waals surface area contributed by atoms with Crippen molar-refractivity contribution in [2.75, 3.05) is 0 Å². The Hall–Kier alpha value is -2.24. The van der Waals surface area contributed by atoms with E-state index in [0.29, 0.717) is 5.02 Å². The van der Waals surface area contributed by atoms with Gasteiger partial charge in [0.15, 0.2) is 5.78 Å². The molecule has 27 heavy (non-hydrogen) atoms. The third kappa shape index (κ3) is 4.20. The van der Waals surface area contributed by atoms with Crippen molar-refractivity contribution >= 4 is 23.4 Å². The number of carbonyl (C=O) groups is 2. The molecule has 0 aromatic heterocycles. The van der Waals surface area contributed by atoms with E-state index in [2.05, 4.69) is 0 Å². The normalized spacial score (nSPS) is 16.1. The molecule has 0 radical (unpaired) electrons. The van der Waals surface area contributed by atoms with E-state index in [1.165, 1.54) is 30.3 Å². The number of benzene rings is 2. The predicted molar refractivity (Wildman–Crippen MR) is 99.8 cm³/mol. The van der Waals surface area contributed by atoms with E-state index < -0.39 is 34.8 Å². The van der Waals surface area contributed by atoms with Crippen molar-refractivity contribution in [2.24, 2.45) is 5.92 Å². The summed E-state index contributed by atoms with van der Waals surface area (Å²) in [6, 6.07) is 8.09. The summed E-state index contributed by atoms with van der Waals surface area (Å²) >= 11 is 5.80. The van der Waals surface area contributed by atoms with Crippen molar-refractivity contribution in [3.05, 3.63) is 69.5 Å². The lowest BCUT2D eigenvalue weighted by Crippen LogP contribution is -2.19. The third-order valence-electron chi connectivity index (χ3n) is 5.11. The summed E-state index contributed by atoms with van der Waals surface area (Å²) in [6.07, 6.45) is 3.77. The van der Waals surface area contributed by atoms with E-state index in [1.54, 1.807) is 0 Å². The van der Waals surface area contributed by atoms with Crippen LogP contribution in [0.3, 0.4) is 0 Å². The van der Waals surface area contributed by atoms with Crippen molar-refractivity contribution < 1.29 is 24.2 Å². The quantitative estimate of drug-likeness (QED) is 0.703. The highest BCUT2D eigenvalue weighted by atomic mass is 35.5. The first-order chi connectivity index (χ1) is 12.9. The average molecular weight is 391 g/mol. The number of aliphatic hydroxyl groups excluding tert-OH is 1. The number of hydrogen-bond acceptors (Lipinski definition) is 3. The Bertz CT molecular complexity index is 857. The molecule has 142 valence electrons. The van der Waals surface area contributed by atoms with Crippen LogP contribution < -0.4 is 0 Å². The molecule has 0 heterocycles. The summed E-state index contributed by atoms with van der Waals surface area (Å²) in [7, 11) is 0. The number of hydrogen-bond donors (Lipinski definition) is 2. The number of carboxylic acids is 1. The zero-order valence-electron chi connectivity index (χ0n) is 14.6. The topological polar surface area (TPSA) is 74.6 Å². The maximum absolute atomic E-state index is 14.8. The zero-order chi connectivity index (χ0) is 19.6. The Morgan fingerprint density at radius 3 is 2.30 bits per heavy atom. The van der Waals surface area contributed by atoms with Crippen LogP contribution >= 0.6 is 11.6 Å². The molecule has 4 nitrogen and oxygen atoms in total. The third-order valence-corrected chi connectivity index (χ3v) is 5.37. The minimum atomic E-state index is -1.41. The van der Waals surface area contributed by atoms with Gasteiger partial charge in [-0.15, -0.1) is 0 Å². The van der Waals surface area contributed by atoms with Crippen LogP contribution in [0.5, 0.6) is 0 Å². The van der Waals surface area contributed by atoms with Crippen molar-refractivity contribution in [2.45, 2.75) is 38.2 Å². The molecule has 0 aliphatic heterocycles.